The maximum atomic E-state index is 14.0. The van der Waals surface area contributed by atoms with Crippen LogP contribution < -0.4 is 5.32 Å². The van der Waals surface area contributed by atoms with Gasteiger partial charge in [0.05, 0.1) is 30.0 Å². The molecular formula is C32H28FN5O4. The number of benzene rings is 3. The van der Waals surface area contributed by atoms with Crippen LogP contribution in [0.3, 0.4) is 0 Å². The van der Waals surface area contributed by atoms with E-state index in [1.165, 1.54) is 18.2 Å². The smallest absolute Gasteiger partial charge is 0.305 e. The van der Waals surface area contributed by atoms with E-state index in [0.29, 0.717) is 34.4 Å². The maximum Gasteiger partial charge on any atom is 0.305 e. The van der Waals surface area contributed by atoms with Crippen LogP contribution >= 0.6 is 0 Å². The van der Waals surface area contributed by atoms with E-state index in [4.69, 9.17) is 15.1 Å². The molecule has 2 aromatic heterocycles. The van der Waals surface area contributed by atoms with E-state index >= 15 is 0 Å². The highest BCUT2D eigenvalue weighted by Crippen LogP contribution is 2.36. The van der Waals surface area contributed by atoms with Crippen molar-refractivity contribution in [2.24, 2.45) is 0 Å². The number of nitrogens with zero attached hydrogens (tertiary/aromatic N) is 4. The number of aliphatic carboxylic acids is 1. The van der Waals surface area contributed by atoms with Gasteiger partial charge in [-0.25, -0.2) is 19.3 Å². The molecule has 9 nitrogen and oxygen atoms in total. The summed E-state index contributed by atoms with van der Waals surface area (Å²) < 4.78 is 15.7. The van der Waals surface area contributed by atoms with Crippen molar-refractivity contribution in [2.75, 3.05) is 5.32 Å². The number of para-hydroxylation sites is 1. The lowest BCUT2D eigenvalue weighted by molar-refractivity contribution is -0.139. The Morgan fingerprint density at radius 2 is 1.60 bits per heavy atom. The summed E-state index contributed by atoms with van der Waals surface area (Å²) in [5.74, 6) is -0.674. The van der Waals surface area contributed by atoms with Crippen LogP contribution in [0, 0.1) is 5.82 Å². The molecule has 5 rings (SSSR count). The fourth-order valence-corrected chi connectivity index (χ4v) is 4.46. The Labute approximate surface area is 241 Å². The van der Waals surface area contributed by atoms with Crippen molar-refractivity contribution in [3.8, 4) is 34.0 Å². The second kappa shape index (κ2) is 13.0. The number of hydrogen-bond donors (Lipinski definition) is 4. The Morgan fingerprint density at radius 3 is 2.29 bits per heavy atom. The Bertz CT molecular complexity index is 1670. The zero-order valence-corrected chi connectivity index (χ0v) is 22.4. The highest BCUT2D eigenvalue weighted by molar-refractivity contribution is 5.83. The Balaban J connectivity index is 1.64. The zero-order valence-electron chi connectivity index (χ0n) is 22.4. The van der Waals surface area contributed by atoms with Crippen LogP contribution in [0.2, 0.25) is 0 Å². The predicted octanol–water partition coefficient (Wildman–Crippen LogP) is 5.61. The molecule has 0 saturated heterocycles. The van der Waals surface area contributed by atoms with Crippen molar-refractivity contribution < 1.29 is 24.5 Å². The van der Waals surface area contributed by atoms with Crippen LogP contribution in [0.1, 0.15) is 12.8 Å². The number of carbonyl (C=O) groups is 1. The van der Waals surface area contributed by atoms with Gasteiger partial charge in [-0.3, -0.25) is 9.36 Å². The third kappa shape index (κ3) is 6.92. The first-order valence-corrected chi connectivity index (χ1v) is 13.2. The van der Waals surface area contributed by atoms with E-state index in [9.17, 15) is 19.4 Å². The first-order chi connectivity index (χ1) is 20.4. The number of anilines is 2. The van der Waals surface area contributed by atoms with Crippen molar-refractivity contribution in [3.05, 3.63) is 109 Å². The summed E-state index contributed by atoms with van der Waals surface area (Å²) >= 11 is 0. The highest BCUT2D eigenvalue weighted by atomic mass is 19.1. The summed E-state index contributed by atoms with van der Waals surface area (Å²) in [5, 5.41) is 32.8. The Morgan fingerprint density at radius 1 is 0.905 bits per heavy atom. The first kappa shape index (κ1) is 28.3. The molecule has 0 fully saturated rings. The SMILES string of the molecule is O=C(O)CC(O)CC(O)/C=C/n1c(-c2ccccc2)nc(-c2ccnc(Nc3ccccc3)n2)c1-c1ccc(F)cc1. The third-order valence-corrected chi connectivity index (χ3v) is 6.37. The van der Waals surface area contributed by atoms with Crippen molar-refractivity contribution in [3.63, 3.8) is 0 Å². The fraction of sp³-hybridized carbons (Fsp3) is 0.125. The molecule has 0 radical (unpaired) electrons. The van der Waals surface area contributed by atoms with E-state index in [1.54, 1.807) is 35.2 Å². The second-order valence-electron chi connectivity index (χ2n) is 9.53. The molecule has 42 heavy (non-hydrogen) atoms. The monoisotopic (exact) mass is 565 g/mol. The standard InChI is InChI=1S/C32H28FN5O4/c33-23-13-11-21(12-14-23)30-29(27-15-17-34-32(36-27)35-24-9-5-2-6-10-24)37-31(22-7-3-1-4-8-22)38(30)18-16-25(39)19-26(40)20-28(41)42/h1-18,25-26,39-40H,19-20H2,(H,41,42)(H,34,35,36)/b18-16+. The zero-order chi connectivity index (χ0) is 29.5. The number of aromatic nitrogens is 4. The number of aliphatic hydroxyl groups is 2. The Kier molecular flexibility index (Phi) is 8.76. The Hall–Kier alpha value is -5.19. The number of halogens is 1. The van der Waals surface area contributed by atoms with Gasteiger partial charge in [-0.1, -0.05) is 48.5 Å². The van der Waals surface area contributed by atoms with E-state index < -0.39 is 30.4 Å². The molecule has 2 atom stereocenters. The normalized spacial score (nSPS) is 12.7. The molecule has 3 aromatic carbocycles. The first-order valence-electron chi connectivity index (χ1n) is 13.2. The topological polar surface area (TPSA) is 133 Å². The molecule has 5 aromatic rings. The van der Waals surface area contributed by atoms with Gasteiger partial charge in [-0.05, 0) is 48.5 Å². The lowest BCUT2D eigenvalue weighted by Gasteiger charge is -2.13. The number of hydrogen-bond acceptors (Lipinski definition) is 7. The van der Waals surface area contributed by atoms with Gasteiger partial charge < -0.3 is 20.6 Å². The predicted molar refractivity (Wildman–Crippen MR) is 158 cm³/mol. The van der Waals surface area contributed by atoms with Gasteiger partial charge in [-0.2, -0.15) is 0 Å². The van der Waals surface area contributed by atoms with Crippen molar-refractivity contribution in [1.82, 2.24) is 19.5 Å². The maximum absolute atomic E-state index is 14.0. The molecule has 212 valence electrons. The van der Waals surface area contributed by atoms with Crippen LogP contribution in [0.25, 0.3) is 40.2 Å². The number of carboxylic acids is 1. The van der Waals surface area contributed by atoms with E-state index in [1.807, 2.05) is 60.7 Å². The summed E-state index contributed by atoms with van der Waals surface area (Å²) in [4.78, 5) is 25.0. The van der Waals surface area contributed by atoms with Crippen molar-refractivity contribution in [2.45, 2.75) is 25.0 Å². The van der Waals surface area contributed by atoms with Crippen LogP contribution in [0.15, 0.2) is 103 Å². The van der Waals surface area contributed by atoms with Crippen LogP contribution in [-0.4, -0.2) is 53.0 Å². The van der Waals surface area contributed by atoms with Crippen LogP contribution in [0.4, 0.5) is 16.0 Å². The summed E-state index contributed by atoms with van der Waals surface area (Å²) in [6.07, 6.45) is 1.67. The van der Waals surface area contributed by atoms with Gasteiger partial charge in [-0.15, -0.1) is 0 Å². The summed E-state index contributed by atoms with van der Waals surface area (Å²) in [6, 6.07) is 26.6. The minimum atomic E-state index is -1.22. The van der Waals surface area contributed by atoms with Crippen molar-refractivity contribution in [1.29, 1.82) is 0 Å². The van der Waals surface area contributed by atoms with Crippen molar-refractivity contribution >= 4 is 23.8 Å². The molecule has 0 aliphatic carbocycles. The lowest BCUT2D eigenvalue weighted by atomic mass is 10.1. The number of nitrogens with one attached hydrogen (secondary N) is 1. The van der Waals surface area contributed by atoms with E-state index in [0.717, 1.165) is 11.3 Å². The van der Waals surface area contributed by atoms with Crippen LogP contribution in [-0.2, 0) is 4.79 Å². The summed E-state index contributed by atoms with van der Waals surface area (Å²) in [5.41, 5.74) is 3.79. The molecule has 2 unspecified atom stereocenters. The summed E-state index contributed by atoms with van der Waals surface area (Å²) in [6.45, 7) is 0. The number of imidazole rings is 1. The van der Waals surface area contributed by atoms with Gasteiger partial charge in [0.1, 0.15) is 17.3 Å². The molecule has 0 saturated carbocycles. The van der Waals surface area contributed by atoms with Gasteiger partial charge >= 0.3 is 5.97 Å². The van der Waals surface area contributed by atoms with Gasteiger partial charge in [0.25, 0.3) is 0 Å². The molecule has 10 heteroatoms. The molecule has 0 aliphatic rings. The molecule has 0 spiro atoms. The number of aliphatic hydroxyl groups excluding tert-OH is 2. The third-order valence-electron chi connectivity index (χ3n) is 6.37. The van der Waals surface area contributed by atoms with Gasteiger partial charge in [0.15, 0.2) is 0 Å². The highest BCUT2D eigenvalue weighted by Gasteiger charge is 2.22. The molecule has 0 aliphatic heterocycles. The molecule has 2 heterocycles. The average Bonchev–Trinajstić information content (AvgIpc) is 3.37. The fourth-order valence-electron chi connectivity index (χ4n) is 4.46. The molecular weight excluding hydrogens is 537 g/mol. The molecule has 0 bridgehead atoms. The second-order valence-corrected chi connectivity index (χ2v) is 9.53. The van der Waals surface area contributed by atoms with Crippen LogP contribution in [0.5, 0.6) is 0 Å². The average molecular weight is 566 g/mol. The summed E-state index contributed by atoms with van der Waals surface area (Å²) in [7, 11) is 0. The number of carboxylic acid groups (broad SMARTS) is 1. The van der Waals surface area contributed by atoms with E-state index in [2.05, 4.69) is 10.3 Å². The lowest BCUT2D eigenvalue weighted by Crippen LogP contribution is -2.19. The molecule has 4 N–H and O–H groups in total. The largest absolute Gasteiger partial charge is 0.481 e. The number of rotatable bonds is 11. The minimum absolute atomic E-state index is 0.169. The minimum Gasteiger partial charge on any atom is -0.481 e. The quantitative estimate of drug-likeness (QED) is 0.162. The van der Waals surface area contributed by atoms with E-state index in [-0.39, 0.29) is 6.42 Å². The van der Waals surface area contributed by atoms with Gasteiger partial charge in [0.2, 0.25) is 5.95 Å². The molecule has 0 amide bonds. The van der Waals surface area contributed by atoms with Gasteiger partial charge in [0, 0.05) is 35.6 Å².